The Balaban J connectivity index is 1.48. The summed E-state index contributed by atoms with van der Waals surface area (Å²) in [6, 6.07) is 14.9. The third-order valence-electron chi connectivity index (χ3n) is 5.40. The molecule has 2 amide bonds. The highest BCUT2D eigenvalue weighted by atomic mass is 16.5. The first kappa shape index (κ1) is 21.5. The standard InChI is InChI=1S/C24H26N4O4/c1-32-18-10-6-16(7-11-18)14-25-23(30)15-28-21-5-3-2-4-19(21)27-20(24(28)31)12-13-22(29)26-17-8-9-17/h2-7,10-11,17H,8-9,12-15H2,1H3,(H,25,30)(H,26,29). The van der Waals surface area contributed by atoms with Crippen molar-refractivity contribution in [1.29, 1.82) is 0 Å². The Hall–Kier alpha value is -3.68. The van der Waals surface area contributed by atoms with Gasteiger partial charge in [0.2, 0.25) is 11.8 Å². The lowest BCUT2D eigenvalue weighted by molar-refractivity contribution is -0.122. The van der Waals surface area contributed by atoms with Crippen molar-refractivity contribution in [1.82, 2.24) is 20.2 Å². The van der Waals surface area contributed by atoms with Gasteiger partial charge in [0.25, 0.3) is 5.56 Å². The van der Waals surface area contributed by atoms with E-state index < -0.39 is 0 Å². The van der Waals surface area contributed by atoms with E-state index in [4.69, 9.17) is 4.74 Å². The van der Waals surface area contributed by atoms with Gasteiger partial charge in [-0.05, 0) is 42.7 Å². The summed E-state index contributed by atoms with van der Waals surface area (Å²) in [5.74, 6) is 0.385. The number of hydrogen-bond donors (Lipinski definition) is 2. The summed E-state index contributed by atoms with van der Waals surface area (Å²) < 4.78 is 6.57. The Bertz CT molecular complexity index is 1180. The first-order chi connectivity index (χ1) is 15.5. The number of methoxy groups -OCH3 is 1. The first-order valence-corrected chi connectivity index (χ1v) is 10.7. The number of fused-ring (bicyclic) bond motifs is 1. The van der Waals surface area contributed by atoms with Crippen LogP contribution >= 0.6 is 0 Å². The van der Waals surface area contributed by atoms with E-state index in [0.717, 1.165) is 24.2 Å². The molecule has 2 N–H and O–H groups in total. The molecule has 4 rings (SSSR count). The van der Waals surface area contributed by atoms with Crippen LogP contribution in [0.25, 0.3) is 11.0 Å². The maximum absolute atomic E-state index is 13.1. The average Bonchev–Trinajstić information content (AvgIpc) is 3.62. The average molecular weight is 434 g/mol. The fourth-order valence-corrected chi connectivity index (χ4v) is 3.47. The summed E-state index contributed by atoms with van der Waals surface area (Å²) in [4.78, 5) is 42.2. The molecule has 1 aliphatic rings. The van der Waals surface area contributed by atoms with Crippen molar-refractivity contribution in [3.05, 3.63) is 70.1 Å². The van der Waals surface area contributed by atoms with E-state index in [-0.39, 0.29) is 48.5 Å². The Morgan fingerprint density at radius 1 is 1.09 bits per heavy atom. The van der Waals surface area contributed by atoms with Gasteiger partial charge in [-0.2, -0.15) is 0 Å². The van der Waals surface area contributed by atoms with E-state index in [9.17, 15) is 14.4 Å². The summed E-state index contributed by atoms with van der Waals surface area (Å²) in [7, 11) is 1.60. The molecule has 166 valence electrons. The third-order valence-corrected chi connectivity index (χ3v) is 5.40. The molecular weight excluding hydrogens is 408 g/mol. The van der Waals surface area contributed by atoms with Crippen LogP contribution in [-0.4, -0.2) is 34.5 Å². The van der Waals surface area contributed by atoms with Gasteiger partial charge in [0.05, 0.1) is 18.1 Å². The second-order valence-corrected chi connectivity index (χ2v) is 7.91. The predicted molar refractivity (Wildman–Crippen MR) is 120 cm³/mol. The summed E-state index contributed by atoms with van der Waals surface area (Å²) in [6.07, 6.45) is 2.45. The summed E-state index contributed by atoms with van der Waals surface area (Å²) in [5.41, 5.74) is 2.07. The molecular formula is C24H26N4O4. The molecule has 1 fully saturated rings. The molecule has 1 aromatic heterocycles. The van der Waals surface area contributed by atoms with Crippen LogP contribution in [0.3, 0.4) is 0 Å². The maximum atomic E-state index is 13.1. The molecule has 0 bridgehead atoms. The molecule has 0 atom stereocenters. The summed E-state index contributed by atoms with van der Waals surface area (Å²) in [6.45, 7) is 0.216. The maximum Gasteiger partial charge on any atom is 0.273 e. The highest BCUT2D eigenvalue weighted by molar-refractivity contribution is 5.80. The van der Waals surface area contributed by atoms with E-state index >= 15 is 0 Å². The fourth-order valence-electron chi connectivity index (χ4n) is 3.47. The van der Waals surface area contributed by atoms with Gasteiger partial charge < -0.3 is 15.4 Å². The molecule has 0 saturated heterocycles. The number of carbonyl (C=O) groups excluding carboxylic acids is 2. The van der Waals surface area contributed by atoms with Crippen LogP contribution in [0.15, 0.2) is 53.3 Å². The minimum absolute atomic E-state index is 0.0781. The van der Waals surface area contributed by atoms with Crippen molar-refractivity contribution in [3.8, 4) is 5.75 Å². The van der Waals surface area contributed by atoms with Gasteiger partial charge in [-0.3, -0.25) is 19.0 Å². The summed E-state index contributed by atoms with van der Waals surface area (Å²) in [5, 5.41) is 5.77. The first-order valence-electron chi connectivity index (χ1n) is 10.7. The number of nitrogens with zero attached hydrogens (tertiary/aromatic N) is 2. The van der Waals surface area contributed by atoms with E-state index in [1.165, 1.54) is 4.57 Å². The number of ether oxygens (including phenoxy) is 1. The number of amides is 2. The Labute approximate surface area is 185 Å². The minimum atomic E-state index is -0.345. The van der Waals surface area contributed by atoms with Crippen molar-refractivity contribution in [2.45, 2.75) is 44.8 Å². The van der Waals surface area contributed by atoms with Crippen LogP contribution < -0.4 is 20.9 Å². The van der Waals surface area contributed by atoms with Crippen LogP contribution in [0.2, 0.25) is 0 Å². The lowest BCUT2D eigenvalue weighted by Gasteiger charge is -2.13. The highest BCUT2D eigenvalue weighted by Gasteiger charge is 2.23. The number of aromatic nitrogens is 2. The van der Waals surface area contributed by atoms with Gasteiger partial charge >= 0.3 is 0 Å². The van der Waals surface area contributed by atoms with Gasteiger partial charge in [-0.15, -0.1) is 0 Å². The molecule has 32 heavy (non-hydrogen) atoms. The van der Waals surface area contributed by atoms with Crippen molar-refractivity contribution in [2.75, 3.05) is 7.11 Å². The molecule has 1 saturated carbocycles. The highest BCUT2D eigenvalue weighted by Crippen LogP contribution is 2.19. The zero-order valence-corrected chi connectivity index (χ0v) is 18.0. The van der Waals surface area contributed by atoms with Crippen LogP contribution in [0.1, 0.15) is 30.5 Å². The van der Waals surface area contributed by atoms with Crippen LogP contribution in [0.4, 0.5) is 0 Å². The molecule has 3 aromatic rings. The molecule has 0 unspecified atom stereocenters. The largest absolute Gasteiger partial charge is 0.497 e. The summed E-state index contributed by atoms with van der Waals surface area (Å²) >= 11 is 0. The van der Waals surface area contributed by atoms with Crippen LogP contribution in [0.5, 0.6) is 5.75 Å². The molecule has 1 heterocycles. The minimum Gasteiger partial charge on any atom is -0.497 e. The second kappa shape index (κ2) is 9.64. The topological polar surface area (TPSA) is 102 Å². The molecule has 2 aromatic carbocycles. The number of benzene rings is 2. The number of nitrogens with one attached hydrogen (secondary N) is 2. The molecule has 0 aliphatic heterocycles. The van der Waals surface area contributed by atoms with Gasteiger partial charge in [-0.1, -0.05) is 24.3 Å². The Kier molecular flexibility index (Phi) is 6.49. The molecule has 8 nitrogen and oxygen atoms in total. The quantitative estimate of drug-likeness (QED) is 0.536. The number of aryl methyl sites for hydroxylation is 1. The monoisotopic (exact) mass is 434 g/mol. The zero-order valence-electron chi connectivity index (χ0n) is 18.0. The van der Waals surface area contributed by atoms with Crippen molar-refractivity contribution in [3.63, 3.8) is 0 Å². The fraction of sp³-hybridized carbons (Fsp3) is 0.333. The number of rotatable bonds is 9. The van der Waals surface area contributed by atoms with Crippen LogP contribution in [-0.2, 0) is 29.1 Å². The number of carbonyl (C=O) groups is 2. The number of para-hydroxylation sites is 2. The smallest absolute Gasteiger partial charge is 0.273 e. The van der Waals surface area contributed by atoms with Crippen molar-refractivity contribution >= 4 is 22.8 Å². The predicted octanol–water partition coefficient (Wildman–Crippen LogP) is 1.93. The van der Waals surface area contributed by atoms with Gasteiger partial charge in [-0.25, -0.2) is 4.98 Å². The normalized spacial score (nSPS) is 13.0. The van der Waals surface area contributed by atoms with E-state index in [1.807, 2.05) is 30.3 Å². The Morgan fingerprint density at radius 2 is 1.84 bits per heavy atom. The molecule has 0 spiro atoms. The van der Waals surface area contributed by atoms with Crippen molar-refractivity contribution < 1.29 is 14.3 Å². The molecule has 8 heteroatoms. The van der Waals surface area contributed by atoms with E-state index in [2.05, 4.69) is 15.6 Å². The van der Waals surface area contributed by atoms with Gasteiger partial charge in [0.15, 0.2) is 0 Å². The zero-order chi connectivity index (χ0) is 22.5. The second-order valence-electron chi connectivity index (χ2n) is 7.91. The lowest BCUT2D eigenvalue weighted by atomic mass is 10.2. The third kappa shape index (κ3) is 5.32. The van der Waals surface area contributed by atoms with Crippen molar-refractivity contribution in [2.24, 2.45) is 0 Å². The molecule has 0 radical (unpaired) electrons. The van der Waals surface area contributed by atoms with Gasteiger partial charge in [0.1, 0.15) is 18.0 Å². The van der Waals surface area contributed by atoms with Crippen LogP contribution in [0, 0.1) is 0 Å². The van der Waals surface area contributed by atoms with Gasteiger partial charge in [0, 0.05) is 25.4 Å². The lowest BCUT2D eigenvalue weighted by Crippen LogP contribution is -2.34. The SMILES string of the molecule is COc1ccc(CNC(=O)Cn2c(=O)c(CCC(=O)NC3CC3)nc3ccccc32)cc1. The Morgan fingerprint density at radius 3 is 2.56 bits per heavy atom. The van der Waals surface area contributed by atoms with E-state index in [0.29, 0.717) is 17.6 Å². The van der Waals surface area contributed by atoms with E-state index in [1.54, 1.807) is 25.3 Å². The number of hydrogen-bond acceptors (Lipinski definition) is 5. The molecule has 1 aliphatic carbocycles.